The fraction of sp³-hybridized carbons (Fsp3) is 0. The lowest BCUT2D eigenvalue weighted by atomic mass is 9.95. The molecule has 0 aliphatic heterocycles. The zero-order chi connectivity index (χ0) is 39.8. The number of nitrogens with zero attached hydrogens (tertiary/aromatic N) is 2. The molecule has 2 heterocycles. The summed E-state index contributed by atoms with van der Waals surface area (Å²) in [5.74, 6) is 0. The molecule has 3 heteroatoms. The van der Waals surface area contributed by atoms with Gasteiger partial charge in [-0.2, -0.15) is 0 Å². The topological polar surface area (TPSA) is 21.3 Å². The summed E-state index contributed by atoms with van der Waals surface area (Å²) in [7, 11) is 0. The molecule has 0 radical (unpaired) electrons. The van der Waals surface area contributed by atoms with E-state index in [0.717, 1.165) is 76.8 Å². The Morgan fingerprint density at radius 1 is 0.400 bits per heavy atom. The van der Waals surface area contributed by atoms with Crippen LogP contribution in [0.5, 0.6) is 0 Å². The summed E-state index contributed by atoms with van der Waals surface area (Å²) in [6, 6.07) is 60.0. The molecular weight excluding hydrogens is 669 g/mol. The maximum atomic E-state index is 9.79. The third-order valence-electron chi connectivity index (χ3n) is 10.7. The Kier molecular flexibility index (Phi) is 6.27. The van der Waals surface area contributed by atoms with E-state index < -0.39 is 0 Å². The Balaban J connectivity index is 1.16. The van der Waals surface area contributed by atoms with Gasteiger partial charge in [0.2, 0.25) is 0 Å². The third kappa shape index (κ3) is 5.05. The predicted octanol–water partition coefficient (Wildman–Crippen LogP) is 14.6. The second-order valence-corrected chi connectivity index (χ2v) is 13.8. The van der Waals surface area contributed by atoms with E-state index in [1.807, 2.05) is 143 Å². The molecule has 2 aromatic heterocycles. The number of furan rings is 1. The van der Waals surface area contributed by atoms with Gasteiger partial charge in [-0.25, -0.2) is 0 Å². The molecule has 0 N–H and O–H groups in total. The lowest BCUT2D eigenvalue weighted by Crippen LogP contribution is -2.11. The first-order valence-electron chi connectivity index (χ1n) is 20.4. The fourth-order valence-electron chi connectivity index (χ4n) is 8.18. The molecule has 0 aliphatic carbocycles. The Bertz CT molecular complexity index is 3360. The highest BCUT2D eigenvalue weighted by Crippen LogP contribution is 2.45. The average molecular weight is 707 g/mol. The number of hydrogen-bond acceptors (Lipinski definition) is 2. The highest BCUT2D eigenvalue weighted by Gasteiger charge is 2.20. The molecule has 11 aromatic rings. The summed E-state index contributed by atoms with van der Waals surface area (Å²) < 4.78 is 47.3. The Morgan fingerprint density at radius 2 is 0.964 bits per heavy atom. The van der Waals surface area contributed by atoms with Gasteiger partial charge in [-0.05, 0) is 88.7 Å². The number of fused-ring (bicyclic) bond motifs is 8. The van der Waals surface area contributed by atoms with Crippen LogP contribution in [0.25, 0.3) is 82.5 Å². The van der Waals surface area contributed by atoms with Crippen molar-refractivity contribution in [3.05, 3.63) is 206 Å². The van der Waals surface area contributed by atoms with Crippen LogP contribution in [0.4, 0.5) is 17.1 Å². The number of anilines is 3. The molecule has 0 unspecified atom stereocenters. The van der Waals surface area contributed by atoms with Crippen LogP contribution in [0, 0.1) is 0 Å². The number of para-hydroxylation sites is 4. The summed E-state index contributed by atoms with van der Waals surface area (Å²) >= 11 is 0. The molecule has 0 fully saturated rings. The Labute approximate surface area is 324 Å². The zero-order valence-electron chi connectivity index (χ0n) is 33.6. The van der Waals surface area contributed by atoms with E-state index in [4.69, 9.17) is 4.42 Å². The summed E-state index contributed by atoms with van der Waals surface area (Å²) in [6.07, 6.45) is 0. The van der Waals surface area contributed by atoms with E-state index in [2.05, 4.69) is 48.5 Å². The van der Waals surface area contributed by atoms with Gasteiger partial charge >= 0.3 is 0 Å². The minimum Gasteiger partial charge on any atom is -0.455 e. The molecular formula is C52H34N2O. The molecule has 0 aliphatic rings. The maximum Gasteiger partial charge on any atom is 0.143 e. The summed E-state index contributed by atoms with van der Waals surface area (Å²) in [4.78, 5) is 1.89. The second kappa shape index (κ2) is 12.6. The largest absolute Gasteiger partial charge is 0.455 e. The van der Waals surface area contributed by atoms with E-state index in [1.54, 1.807) is 0 Å². The van der Waals surface area contributed by atoms with Crippen molar-refractivity contribution in [2.45, 2.75) is 0 Å². The van der Waals surface area contributed by atoms with Crippen LogP contribution >= 0.6 is 0 Å². The van der Waals surface area contributed by atoms with Gasteiger partial charge in [-0.3, -0.25) is 0 Å². The molecule has 55 heavy (non-hydrogen) atoms. The maximum absolute atomic E-state index is 9.79. The highest BCUT2D eigenvalue weighted by atomic mass is 16.3. The van der Waals surface area contributed by atoms with Gasteiger partial charge in [-0.15, -0.1) is 0 Å². The number of rotatable bonds is 6. The number of aromatic nitrogens is 1. The lowest BCUT2D eigenvalue weighted by Gasteiger charge is -2.28. The normalized spacial score (nSPS) is 12.7. The monoisotopic (exact) mass is 706 g/mol. The van der Waals surface area contributed by atoms with Gasteiger partial charge in [0, 0.05) is 49.6 Å². The molecule has 0 atom stereocenters. The van der Waals surface area contributed by atoms with Crippen LogP contribution in [-0.2, 0) is 0 Å². The molecule has 0 saturated heterocycles. The molecule has 0 saturated carbocycles. The SMILES string of the molecule is [2H]c1c([2H])c(-n2c3ccccc3c3ccccc32)c([2H])c([2H])c1N(c1ccc(-c2ccccc2)cc1)c1ccccc1-c1cccc2c1ccc1c3ccccc3oc21. The Hall–Kier alpha value is -7.36. The van der Waals surface area contributed by atoms with Crippen molar-refractivity contribution >= 4 is 71.6 Å². The molecule has 9 aromatic carbocycles. The van der Waals surface area contributed by atoms with Crippen molar-refractivity contribution in [1.29, 1.82) is 0 Å². The highest BCUT2D eigenvalue weighted by molar-refractivity contribution is 6.18. The molecule has 3 nitrogen and oxygen atoms in total. The van der Waals surface area contributed by atoms with Gasteiger partial charge in [0.25, 0.3) is 0 Å². The van der Waals surface area contributed by atoms with Crippen molar-refractivity contribution in [3.63, 3.8) is 0 Å². The standard InChI is InChI=1S/C52H34N2O/c1-2-13-35(14-3-1)36-25-27-37(28-26-36)53(38-29-31-39(32-30-38)54-49-22-9-5-16-43(49)44-17-6-10-23-50(44)54)48-21-8-4-15-42(48)40-19-12-20-46-41(40)33-34-47-45-18-7-11-24-51(45)55-52(46)47/h1-34H/i29D,30D,31D,32D. The zero-order valence-corrected chi connectivity index (χ0v) is 29.6. The van der Waals surface area contributed by atoms with E-state index in [0.29, 0.717) is 11.4 Å². The number of benzene rings is 9. The van der Waals surface area contributed by atoms with Crippen molar-refractivity contribution in [1.82, 2.24) is 4.57 Å². The fourth-order valence-corrected chi connectivity index (χ4v) is 8.18. The molecule has 0 bridgehead atoms. The Morgan fingerprint density at radius 3 is 1.73 bits per heavy atom. The number of hydrogen-bond donors (Lipinski definition) is 0. The first-order valence-corrected chi connectivity index (χ1v) is 18.4. The van der Waals surface area contributed by atoms with Crippen LogP contribution in [0.15, 0.2) is 211 Å². The summed E-state index contributed by atoms with van der Waals surface area (Å²) in [5.41, 5.74) is 8.95. The molecule has 258 valence electrons. The van der Waals surface area contributed by atoms with Gasteiger partial charge in [-0.1, -0.05) is 140 Å². The average Bonchev–Trinajstić information content (AvgIpc) is 3.84. The van der Waals surface area contributed by atoms with Crippen molar-refractivity contribution in [2.75, 3.05) is 4.90 Å². The predicted molar refractivity (Wildman–Crippen MR) is 231 cm³/mol. The lowest BCUT2D eigenvalue weighted by molar-refractivity contribution is 0.672. The van der Waals surface area contributed by atoms with Crippen molar-refractivity contribution < 1.29 is 9.90 Å². The van der Waals surface area contributed by atoms with Crippen molar-refractivity contribution in [3.8, 4) is 27.9 Å². The van der Waals surface area contributed by atoms with Crippen molar-refractivity contribution in [2.24, 2.45) is 0 Å². The van der Waals surface area contributed by atoms with Gasteiger partial charge in [0.15, 0.2) is 0 Å². The van der Waals surface area contributed by atoms with E-state index in [9.17, 15) is 5.48 Å². The minimum atomic E-state index is -0.147. The molecule has 0 amide bonds. The van der Waals surface area contributed by atoms with Crippen LogP contribution in [0.1, 0.15) is 5.48 Å². The second-order valence-electron chi connectivity index (χ2n) is 13.8. The third-order valence-corrected chi connectivity index (χ3v) is 10.7. The smallest absolute Gasteiger partial charge is 0.143 e. The van der Waals surface area contributed by atoms with Crippen LogP contribution in [0.2, 0.25) is 0 Å². The first-order chi connectivity index (χ1) is 29.0. The van der Waals surface area contributed by atoms with E-state index in [1.165, 1.54) is 0 Å². The minimum absolute atomic E-state index is 0.131. The van der Waals surface area contributed by atoms with Gasteiger partial charge in [0.05, 0.1) is 22.2 Å². The quantitative estimate of drug-likeness (QED) is 0.172. The summed E-state index contributed by atoms with van der Waals surface area (Å²) in [5, 5.41) is 6.04. The first kappa shape index (κ1) is 27.3. The van der Waals surface area contributed by atoms with Crippen LogP contribution in [-0.4, -0.2) is 4.57 Å². The van der Waals surface area contributed by atoms with Gasteiger partial charge in [0.1, 0.15) is 11.2 Å². The van der Waals surface area contributed by atoms with E-state index in [-0.39, 0.29) is 35.5 Å². The van der Waals surface area contributed by atoms with Gasteiger partial charge < -0.3 is 13.9 Å². The van der Waals surface area contributed by atoms with E-state index >= 15 is 0 Å². The summed E-state index contributed by atoms with van der Waals surface area (Å²) in [6.45, 7) is 0. The molecule has 11 rings (SSSR count). The molecule has 0 spiro atoms. The van der Waals surface area contributed by atoms with Crippen LogP contribution < -0.4 is 4.90 Å². The van der Waals surface area contributed by atoms with Crippen LogP contribution in [0.3, 0.4) is 0 Å².